The van der Waals surface area contributed by atoms with Crippen LogP contribution in [0.4, 0.5) is 0 Å². The number of fused-ring (bicyclic) bond motifs is 1. The number of carbonyl (C=O) groups excluding carboxylic acids is 1. The fraction of sp³-hybridized carbons (Fsp3) is 0.263. The molecule has 1 atom stereocenters. The lowest BCUT2D eigenvalue weighted by Crippen LogP contribution is -2.51. The first-order chi connectivity index (χ1) is 12.4. The predicted molar refractivity (Wildman–Crippen MR) is 94.8 cm³/mol. The van der Waals surface area contributed by atoms with E-state index < -0.39 is 17.4 Å². The summed E-state index contributed by atoms with van der Waals surface area (Å²) in [5.41, 5.74) is 0.622. The normalized spacial score (nSPS) is 13.3. The van der Waals surface area contributed by atoms with Crippen molar-refractivity contribution in [3.63, 3.8) is 0 Å². The molecule has 26 heavy (non-hydrogen) atoms. The maximum atomic E-state index is 13.0. The van der Waals surface area contributed by atoms with Crippen molar-refractivity contribution in [2.24, 2.45) is 0 Å². The lowest BCUT2D eigenvalue weighted by atomic mass is 9.86. The third-order valence-corrected chi connectivity index (χ3v) is 4.48. The summed E-state index contributed by atoms with van der Waals surface area (Å²) in [7, 11) is 0. The fourth-order valence-corrected chi connectivity index (χ4v) is 3.07. The van der Waals surface area contributed by atoms with Crippen LogP contribution in [-0.4, -0.2) is 27.1 Å². The van der Waals surface area contributed by atoms with Crippen molar-refractivity contribution in [3.05, 3.63) is 58.9 Å². The minimum atomic E-state index is -1.53. The number of nitrogens with zero attached hydrogens (tertiary/aromatic N) is 2. The molecule has 2 N–H and O–H groups in total. The Bertz CT molecular complexity index is 981. The molecule has 0 aliphatic carbocycles. The van der Waals surface area contributed by atoms with Crippen LogP contribution in [0, 0.1) is 13.8 Å². The van der Waals surface area contributed by atoms with Gasteiger partial charge in [-0.3, -0.25) is 4.79 Å². The van der Waals surface area contributed by atoms with Gasteiger partial charge in [-0.25, -0.2) is 9.78 Å². The molecule has 0 saturated carbocycles. The molecule has 134 valence electrons. The Morgan fingerprint density at radius 3 is 2.54 bits per heavy atom. The molecule has 2 aromatic heterocycles. The number of benzene rings is 1. The second-order valence-electron chi connectivity index (χ2n) is 6.14. The van der Waals surface area contributed by atoms with E-state index in [1.54, 1.807) is 57.2 Å². The Balaban J connectivity index is 2.10. The maximum absolute atomic E-state index is 13.0. The Labute approximate surface area is 150 Å². The van der Waals surface area contributed by atoms with Crippen LogP contribution in [0.5, 0.6) is 0 Å². The summed E-state index contributed by atoms with van der Waals surface area (Å²) in [4.78, 5) is 29.4. The van der Waals surface area contributed by atoms with E-state index in [1.165, 1.54) is 0 Å². The topological polar surface area (TPSA) is 105 Å². The van der Waals surface area contributed by atoms with E-state index >= 15 is 0 Å². The van der Waals surface area contributed by atoms with Gasteiger partial charge in [0, 0.05) is 5.69 Å². The van der Waals surface area contributed by atoms with Gasteiger partial charge in [0.2, 0.25) is 0 Å². The molecule has 7 heteroatoms. The zero-order valence-electron chi connectivity index (χ0n) is 14.7. The van der Waals surface area contributed by atoms with Gasteiger partial charge in [0.1, 0.15) is 0 Å². The van der Waals surface area contributed by atoms with Crippen LogP contribution in [0.25, 0.3) is 11.1 Å². The van der Waals surface area contributed by atoms with E-state index in [1.807, 2.05) is 0 Å². The molecule has 1 amide bonds. The molecule has 0 spiro atoms. The highest BCUT2D eigenvalue weighted by molar-refractivity contribution is 6.07. The standard InChI is InChI=1S/C19H19N3O4/c1-4-19(18(24)25,13-8-6-5-7-9-13)21-16(23)14-10-11(2)20-17-15(14)12(3)22-26-17/h5-10H,4H2,1-3H3,(H,21,23)(H,24,25). The fourth-order valence-electron chi connectivity index (χ4n) is 3.07. The average Bonchev–Trinajstić information content (AvgIpc) is 3.00. The number of carboxylic acid groups (broad SMARTS) is 1. The number of hydrogen-bond donors (Lipinski definition) is 2. The first kappa shape index (κ1) is 17.6. The minimum Gasteiger partial charge on any atom is -0.479 e. The quantitative estimate of drug-likeness (QED) is 0.730. The molecule has 3 rings (SSSR count). The number of carboxylic acids is 1. The zero-order chi connectivity index (χ0) is 18.9. The highest BCUT2D eigenvalue weighted by Gasteiger charge is 2.40. The van der Waals surface area contributed by atoms with E-state index in [9.17, 15) is 14.7 Å². The van der Waals surface area contributed by atoms with Gasteiger partial charge in [-0.15, -0.1) is 0 Å². The number of aromatic nitrogens is 2. The number of nitrogens with one attached hydrogen (secondary N) is 1. The molecule has 0 aliphatic rings. The molecule has 3 aromatic rings. The second-order valence-corrected chi connectivity index (χ2v) is 6.14. The van der Waals surface area contributed by atoms with Crippen LogP contribution in [0.1, 0.15) is 40.7 Å². The van der Waals surface area contributed by atoms with Crippen LogP contribution in [0.15, 0.2) is 40.9 Å². The van der Waals surface area contributed by atoms with Crippen molar-refractivity contribution in [1.82, 2.24) is 15.5 Å². The summed E-state index contributed by atoms with van der Waals surface area (Å²) in [6, 6.07) is 10.3. The van der Waals surface area contributed by atoms with Crippen LogP contribution >= 0.6 is 0 Å². The minimum absolute atomic E-state index is 0.188. The van der Waals surface area contributed by atoms with Gasteiger partial charge in [-0.1, -0.05) is 42.4 Å². The van der Waals surface area contributed by atoms with Gasteiger partial charge < -0.3 is 14.9 Å². The number of aliphatic carboxylic acids is 1. The van der Waals surface area contributed by atoms with Crippen molar-refractivity contribution >= 4 is 23.0 Å². The predicted octanol–water partition coefficient (Wildman–Crippen LogP) is 2.96. The first-order valence-corrected chi connectivity index (χ1v) is 8.24. The van der Waals surface area contributed by atoms with Crippen molar-refractivity contribution in [2.75, 3.05) is 0 Å². The highest BCUT2D eigenvalue weighted by Crippen LogP contribution is 2.28. The van der Waals surface area contributed by atoms with Gasteiger partial charge in [-0.2, -0.15) is 0 Å². The Morgan fingerprint density at radius 2 is 1.92 bits per heavy atom. The summed E-state index contributed by atoms with van der Waals surface area (Å²) >= 11 is 0. The van der Waals surface area contributed by atoms with Gasteiger partial charge >= 0.3 is 5.97 Å². The Hall–Kier alpha value is -3.22. The number of hydrogen-bond acceptors (Lipinski definition) is 5. The highest BCUT2D eigenvalue weighted by atomic mass is 16.5. The SMILES string of the molecule is CCC(NC(=O)c1cc(C)nc2onc(C)c12)(C(=O)O)c1ccccc1. The van der Waals surface area contributed by atoms with Crippen molar-refractivity contribution in [1.29, 1.82) is 0 Å². The van der Waals surface area contributed by atoms with E-state index in [4.69, 9.17) is 4.52 Å². The molecule has 1 aromatic carbocycles. The largest absolute Gasteiger partial charge is 0.479 e. The number of amides is 1. The number of carbonyl (C=O) groups is 2. The summed E-state index contributed by atoms with van der Waals surface area (Å²) in [6.07, 6.45) is 0.188. The van der Waals surface area contributed by atoms with Crippen LogP contribution in [0.2, 0.25) is 0 Å². The van der Waals surface area contributed by atoms with Crippen molar-refractivity contribution in [2.45, 2.75) is 32.7 Å². The average molecular weight is 353 g/mol. The van der Waals surface area contributed by atoms with Gasteiger partial charge in [0.25, 0.3) is 11.6 Å². The maximum Gasteiger partial charge on any atom is 0.334 e. The summed E-state index contributed by atoms with van der Waals surface area (Å²) in [5, 5.41) is 16.9. The molecule has 1 unspecified atom stereocenters. The van der Waals surface area contributed by atoms with Crippen molar-refractivity contribution < 1.29 is 19.2 Å². The number of pyridine rings is 1. The van der Waals surface area contributed by atoms with Crippen LogP contribution in [-0.2, 0) is 10.3 Å². The lowest BCUT2D eigenvalue weighted by molar-refractivity contribution is -0.145. The molecule has 0 fully saturated rings. The van der Waals surface area contributed by atoms with Crippen LogP contribution in [0.3, 0.4) is 0 Å². The van der Waals surface area contributed by atoms with Gasteiger partial charge in [0.15, 0.2) is 5.54 Å². The lowest BCUT2D eigenvalue weighted by Gasteiger charge is -2.30. The third-order valence-electron chi connectivity index (χ3n) is 4.48. The zero-order valence-corrected chi connectivity index (χ0v) is 14.7. The first-order valence-electron chi connectivity index (χ1n) is 8.24. The Morgan fingerprint density at radius 1 is 1.23 bits per heavy atom. The number of rotatable bonds is 5. The number of aryl methyl sites for hydroxylation is 2. The van der Waals surface area contributed by atoms with Gasteiger partial charge in [-0.05, 0) is 31.9 Å². The molecular weight excluding hydrogens is 334 g/mol. The van der Waals surface area contributed by atoms with E-state index in [0.717, 1.165) is 0 Å². The molecule has 0 bridgehead atoms. The second kappa shape index (κ2) is 6.59. The van der Waals surface area contributed by atoms with E-state index in [2.05, 4.69) is 15.5 Å². The molecule has 0 aliphatic heterocycles. The Kier molecular flexibility index (Phi) is 4.46. The van der Waals surface area contributed by atoms with Crippen LogP contribution < -0.4 is 5.32 Å². The summed E-state index contributed by atoms with van der Waals surface area (Å²) in [5.74, 6) is -1.64. The van der Waals surface area contributed by atoms with Gasteiger partial charge in [0.05, 0.1) is 16.6 Å². The third kappa shape index (κ3) is 2.81. The van der Waals surface area contributed by atoms with E-state index in [0.29, 0.717) is 27.9 Å². The molecule has 0 radical (unpaired) electrons. The molecule has 0 saturated heterocycles. The molecule has 2 heterocycles. The summed E-state index contributed by atoms with van der Waals surface area (Å²) in [6.45, 7) is 5.16. The molecule has 7 nitrogen and oxygen atoms in total. The monoisotopic (exact) mass is 353 g/mol. The van der Waals surface area contributed by atoms with E-state index in [-0.39, 0.29) is 12.1 Å². The molecular formula is C19H19N3O4. The van der Waals surface area contributed by atoms with Crippen molar-refractivity contribution in [3.8, 4) is 0 Å². The smallest absolute Gasteiger partial charge is 0.334 e. The summed E-state index contributed by atoms with van der Waals surface area (Å²) < 4.78 is 5.15.